The van der Waals surface area contributed by atoms with Crippen LogP contribution < -0.4 is 10.1 Å². The summed E-state index contributed by atoms with van der Waals surface area (Å²) in [6.45, 7) is 2.37. The first kappa shape index (κ1) is 16.5. The SMILES string of the molecule is CNC(=O)[C@@H]1C[C@H](Oc2ccccc2)CN1C(=O)c1ccc(C)s1. The first-order valence-corrected chi connectivity index (χ1v) is 8.71. The molecule has 1 saturated heterocycles. The molecule has 1 N–H and O–H groups in total. The third kappa shape index (κ3) is 3.43. The lowest BCUT2D eigenvalue weighted by Gasteiger charge is -2.22. The Balaban J connectivity index is 1.78. The normalized spacial score (nSPS) is 20.0. The Hall–Kier alpha value is -2.34. The van der Waals surface area contributed by atoms with E-state index in [-0.39, 0.29) is 17.9 Å². The summed E-state index contributed by atoms with van der Waals surface area (Å²) in [5.74, 6) is 0.482. The van der Waals surface area contributed by atoms with Gasteiger partial charge < -0.3 is 15.0 Å². The van der Waals surface area contributed by atoms with E-state index in [0.29, 0.717) is 17.8 Å². The first-order valence-electron chi connectivity index (χ1n) is 7.89. The molecule has 1 aromatic heterocycles. The molecule has 0 radical (unpaired) electrons. The fraction of sp³-hybridized carbons (Fsp3) is 0.333. The maximum Gasteiger partial charge on any atom is 0.264 e. The molecule has 0 aliphatic carbocycles. The molecular weight excluding hydrogens is 324 g/mol. The van der Waals surface area contributed by atoms with Crippen LogP contribution in [-0.2, 0) is 4.79 Å². The summed E-state index contributed by atoms with van der Waals surface area (Å²) in [6, 6.07) is 12.7. The number of hydrogen-bond donors (Lipinski definition) is 1. The van der Waals surface area contributed by atoms with Crippen molar-refractivity contribution in [2.24, 2.45) is 0 Å². The molecule has 0 bridgehead atoms. The van der Waals surface area contributed by atoms with Crippen LogP contribution in [0, 0.1) is 6.92 Å². The van der Waals surface area contributed by atoms with Gasteiger partial charge >= 0.3 is 0 Å². The number of ether oxygens (including phenoxy) is 1. The smallest absolute Gasteiger partial charge is 0.264 e. The number of likely N-dealkylation sites (tertiary alicyclic amines) is 1. The molecule has 1 aliphatic rings. The monoisotopic (exact) mass is 344 g/mol. The lowest BCUT2D eigenvalue weighted by molar-refractivity contribution is -0.124. The number of carbonyl (C=O) groups is 2. The van der Waals surface area contributed by atoms with Gasteiger partial charge in [-0.25, -0.2) is 0 Å². The average Bonchev–Trinajstić information content (AvgIpc) is 3.21. The fourth-order valence-corrected chi connectivity index (χ4v) is 3.73. The number of nitrogens with zero attached hydrogens (tertiary/aromatic N) is 1. The number of thiophene rings is 1. The van der Waals surface area contributed by atoms with Crippen LogP contribution in [0.1, 0.15) is 21.0 Å². The van der Waals surface area contributed by atoms with E-state index in [1.807, 2.05) is 49.4 Å². The van der Waals surface area contributed by atoms with Crippen molar-refractivity contribution < 1.29 is 14.3 Å². The predicted octanol–water partition coefficient (Wildman–Crippen LogP) is 2.46. The van der Waals surface area contributed by atoms with Gasteiger partial charge in [-0.2, -0.15) is 0 Å². The van der Waals surface area contributed by atoms with Crippen molar-refractivity contribution in [1.29, 1.82) is 0 Å². The number of hydrogen-bond acceptors (Lipinski definition) is 4. The fourth-order valence-electron chi connectivity index (χ4n) is 2.90. The average molecular weight is 344 g/mol. The summed E-state index contributed by atoms with van der Waals surface area (Å²) in [5, 5.41) is 2.65. The van der Waals surface area contributed by atoms with Crippen LogP contribution >= 0.6 is 11.3 Å². The molecular formula is C18H20N2O3S. The summed E-state index contributed by atoms with van der Waals surface area (Å²) in [5.41, 5.74) is 0. The lowest BCUT2D eigenvalue weighted by Crippen LogP contribution is -2.44. The van der Waals surface area contributed by atoms with Crippen molar-refractivity contribution >= 4 is 23.2 Å². The van der Waals surface area contributed by atoms with Gasteiger partial charge in [0.15, 0.2) is 0 Å². The van der Waals surface area contributed by atoms with E-state index in [9.17, 15) is 9.59 Å². The summed E-state index contributed by atoms with van der Waals surface area (Å²) >= 11 is 1.45. The van der Waals surface area contributed by atoms with E-state index in [2.05, 4.69) is 5.32 Å². The van der Waals surface area contributed by atoms with E-state index in [4.69, 9.17) is 4.74 Å². The number of benzene rings is 1. The molecule has 0 saturated carbocycles. The van der Waals surface area contributed by atoms with Gasteiger partial charge in [0, 0.05) is 18.3 Å². The molecule has 0 spiro atoms. The zero-order chi connectivity index (χ0) is 17.1. The van der Waals surface area contributed by atoms with Gasteiger partial charge in [0.25, 0.3) is 5.91 Å². The Bertz CT molecular complexity index is 729. The first-order chi connectivity index (χ1) is 11.6. The number of carbonyl (C=O) groups excluding carboxylic acids is 2. The lowest BCUT2D eigenvalue weighted by atomic mass is 10.2. The van der Waals surface area contributed by atoms with Crippen LogP contribution in [0.3, 0.4) is 0 Å². The molecule has 126 valence electrons. The third-order valence-corrected chi connectivity index (χ3v) is 5.06. The van der Waals surface area contributed by atoms with Crippen molar-refractivity contribution in [3.05, 3.63) is 52.2 Å². The van der Waals surface area contributed by atoms with Gasteiger partial charge in [-0.05, 0) is 31.2 Å². The second-order valence-electron chi connectivity index (χ2n) is 5.79. The van der Waals surface area contributed by atoms with Crippen molar-refractivity contribution in [1.82, 2.24) is 10.2 Å². The molecule has 6 heteroatoms. The van der Waals surface area contributed by atoms with E-state index in [0.717, 1.165) is 10.6 Å². The molecule has 1 aromatic carbocycles. The molecule has 5 nitrogen and oxygen atoms in total. The van der Waals surface area contributed by atoms with Crippen LogP contribution in [0.4, 0.5) is 0 Å². The van der Waals surface area contributed by atoms with Crippen LogP contribution in [0.5, 0.6) is 5.75 Å². The second-order valence-corrected chi connectivity index (χ2v) is 7.07. The van der Waals surface area contributed by atoms with Crippen molar-refractivity contribution in [2.45, 2.75) is 25.5 Å². The topological polar surface area (TPSA) is 58.6 Å². The summed E-state index contributed by atoms with van der Waals surface area (Å²) in [7, 11) is 1.59. The molecule has 0 unspecified atom stereocenters. The van der Waals surface area contributed by atoms with Gasteiger partial charge in [0.2, 0.25) is 5.91 Å². The van der Waals surface area contributed by atoms with Gasteiger partial charge in [0.05, 0.1) is 11.4 Å². The van der Waals surface area contributed by atoms with Crippen LogP contribution in [0.15, 0.2) is 42.5 Å². The molecule has 1 fully saturated rings. The quantitative estimate of drug-likeness (QED) is 0.927. The summed E-state index contributed by atoms with van der Waals surface area (Å²) in [4.78, 5) is 28.3. The van der Waals surface area contributed by atoms with Gasteiger partial charge in [0.1, 0.15) is 17.9 Å². The molecule has 24 heavy (non-hydrogen) atoms. The number of rotatable bonds is 4. The largest absolute Gasteiger partial charge is 0.488 e. The molecule has 2 heterocycles. The Labute approximate surface area is 145 Å². The minimum Gasteiger partial charge on any atom is -0.488 e. The van der Waals surface area contributed by atoms with E-state index >= 15 is 0 Å². The molecule has 2 amide bonds. The van der Waals surface area contributed by atoms with Gasteiger partial charge in [-0.15, -0.1) is 11.3 Å². The summed E-state index contributed by atoms with van der Waals surface area (Å²) in [6.07, 6.45) is 0.296. The third-order valence-electron chi connectivity index (χ3n) is 4.07. The Kier molecular flexibility index (Phi) is 4.85. The Morgan fingerprint density at radius 1 is 1.21 bits per heavy atom. The number of para-hydroxylation sites is 1. The highest BCUT2D eigenvalue weighted by molar-refractivity contribution is 7.13. The van der Waals surface area contributed by atoms with Gasteiger partial charge in [-0.1, -0.05) is 18.2 Å². The Morgan fingerprint density at radius 2 is 1.96 bits per heavy atom. The maximum absolute atomic E-state index is 12.8. The van der Waals surface area contributed by atoms with E-state index in [1.54, 1.807) is 11.9 Å². The minimum absolute atomic E-state index is 0.110. The predicted molar refractivity (Wildman–Crippen MR) is 93.4 cm³/mol. The number of amides is 2. The zero-order valence-electron chi connectivity index (χ0n) is 13.7. The number of likely N-dealkylation sites (N-methyl/N-ethyl adjacent to an activating group) is 1. The molecule has 2 atom stereocenters. The molecule has 3 rings (SSSR count). The molecule has 1 aliphatic heterocycles. The van der Waals surface area contributed by atoms with Crippen molar-refractivity contribution in [2.75, 3.05) is 13.6 Å². The van der Waals surface area contributed by atoms with Crippen LogP contribution in [0.25, 0.3) is 0 Å². The van der Waals surface area contributed by atoms with Crippen LogP contribution in [0.2, 0.25) is 0 Å². The summed E-state index contributed by atoms with van der Waals surface area (Å²) < 4.78 is 5.95. The Morgan fingerprint density at radius 3 is 2.58 bits per heavy atom. The second kappa shape index (κ2) is 7.05. The minimum atomic E-state index is -0.501. The zero-order valence-corrected chi connectivity index (χ0v) is 14.5. The highest BCUT2D eigenvalue weighted by Gasteiger charge is 2.41. The molecule has 2 aromatic rings. The highest BCUT2D eigenvalue weighted by atomic mass is 32.1. The maximum atomic E-state index is 12.8. The van der Waals surface area contributed by atoms with E-state index < -0.39 is 6.04 Å². The van der Waals surface area contributed by atoms with Crippen molar-refractivity contribution in [3.8, 4) is 5.75 Å². The highest BCUT2D eigenvalue weighted by Crippen LogP contribution is 2.27. The van der Waals surface area contributed by atoms with E-state index in [1.165, 1.54) is 11.3 Å². The number of nitrogens with one attached hydrogen (secondary N) is 1. The standard InChI is InChI=1S/C18H20N2O3S/c1-12-8-9-16(24-12)18(22)20-11-14(10-15(20)17(21)19-2)23-13-6-4-3-5-7-13/h3-9,14-15H,10-11H2,1-2H3,(H,19,21)/t14-,15-/m0/s1. The van der Waals surface area contributed by atoms with Gasteiger partial charge in [-0.3, -0.25) is 9.59 Å². The number of aryl methyl sites for hydroxylation is 1. The van der Waals surface area contributed by atoms with Crippen LogP contribution in [-0.4, -0.2) is 42.5 Å². The van der Waals surface area contributed by atoms with Crippen molar-refractivity contribution in [3.63, 3.8) is 0 Å².